The highest BCUT2D eigenvalue weighted by Gasteiger charge is 2.14. The number of nitrogens with one attached hydrogen (secondary N) is 1. The molecular formula is C13H14BrFN2O4. The minimum absolute atomic E-state index is 0.105. The number of carbonyl (C=O) groups is 3. The first-order chi connectivity index (χ1) is 9.81. The summed E-state index contributed by atoms with van der Waals surface area (Å²) in [5, 5.41) is 2.32. The van der Waals surface area contributed by atoms with Crippen molar-refractivity contribution in [3.8, 4) is 0 Å². The Labute approximate surface area is 129 Å². The number of ether oxygens (including phenoxy) is 1. The molecule has 0 bridgehead atoms. The molecule has 0 aliphatic carbocycles. The standard InChI is InChI=1S/C13H14BrFN2O4/c1-17(2)12(19)6-16-11(18)7-21-13(20)9-4-3-8(15)5-10(9)14/h3-5H,6-7H2,1-2H3,(H,16,18). The molecule has 0 spiro atoms. The first-order valence-corrected chi connectivity index (χ1v) is 6.69. The van der Waals surface area contributed by atoms with E-state index in [2.05, 4.69) is 21.2 Å². The number of amides is 2. The largest absolute Gasteiger partial charge is 0.452 e. The fourth-order valence-corrected chi connectivity index (χ4v) is 1.76. The maximum Gasteiger partial charge on any atom is 0.339 e. The maximum atomic E-state index is 12.9. The second-order valence-corrected chi connectivity index (χ2v) is 5.12. The van der Waals surface area contributed by atoms with E-state index in [4.69, 9.17) is 4.74 Å². The predicted molar refractivity (Wildman–Crippen MR) is 76.1 cm³/mol. The van der Waals surface area contributed by atoms with Crippen LogP contribution in [0.4, 0.5) is 4.39 Å². The van der Waals surface area contributed by atoms with Crippen molar-refractivity contribution in [2.24, 2.45) is 0 Å². The Balaban J connectivity index is 2.46. The van der Waals surface area contributed by atoms with Gasteiger partial charge in [-0.05, 0) is 34.1 Å². The Hall–Kier alpha value is -1.96. The van der Waals surface area contributed by atoms with Crippen LogP contribution in [0, 0.1) is 5.82 Å². The van der Waals surface area contributed by atoms with Crippen molar-refractivity contribution < 1.29 is 23.5 Å². The van der Waals surface area contributed by atoms with Crippen LogP contribution in [-0.2, 0) is 14.3 Å². The molecule has 0 unspecified atom stereocenters. The first kappa shape index (κ1) is 17.1. The second kappa shape index (κ2) is 7.72. The summed E-state index contributed by atoms with van der Waals surface area (Å²) in [4.78, 5) is 35.7. The van der Waals surface area contributed by atoms with E-state index in [1.54, 1.807) is 14.1 Å². The van der Waals surface area contributed by atoms with Gasteiger partial charge in [-0.25, -0.2) is 9.18 Å². The van der Waals surface area contributed by atoms with Crippen molar-refractivity contribution in [1.29, 1.82) is 0 Å². The summed E-state index contributed by atoms with van der Waals surface area (Å²) in [6.07, 6.45) is 0. The van der Waals surface area contributed by atoms with Gasteiger partial charge in [0.05, 0.1) is 12.1 Å². The molecule has 0 aliphatic heterocycles. The number of hydrogen-bond acceptors (Lipinski definition) is 4. The number of nitrogens with zero attached hydrogens (tertiary/aromatic N) is 1. The quantitative estimate of drug-likeness (QED) is 0.793. The van der Waals surface area contributed by atoms with Gasteiger partial charge < -0.3 is 15.0 Å². The number of rotatable bonds is 5. The van der Waals surface area contributed by atoms with E-state index in [-0.39, 0.29) is 22.5 Å². The van der Waals surface area contributed by atoms with Crippen LogP contribution < -0.4 is 5.32 Å². The molecule has 0 aromatic heterocycles. The van der Waals surface area contributed by atoms with E-state index in [9.17, 15) is 18.8 Å². The summed E-state index contributed by atoms with van der Waals surface area (Å²) in [7, 11) is 3.11. The number of hydrogen-bond donors (Lipinski definition) is 1. The average Bonchev–Trinajstić information content (AvgIpc) is 2.41. The minimum atomic E-state index is -0.768. The van der Waals surface area contributed by atoms with E-state index < -0.39 is 24.3 Å². The zero-order valence-electron chi connectivity index (χ0n) is 11.5. The van der Waals surface area contributed by atoms with Gasteiger partial charge >= 0.3 is 5.97 Å². The molecule has 0 fully saturated rings. The van der Waals surface area contributed by atoms with Gasteiger partial charge in [0, 0.05) is 18.6 Å². The molecule has 1 aromatic carbocycles. The molecule has 1 N–H and O–H groups in total. The van der Waals surface area contributed by atoms with Crippen molar-refractivity contribution >= 4 is 33.7 Å². The summed E-state index contributed by atoms with van der Waals surface area (Å²) in [6, 6.07) is 3.47. The summed E-state index contributed by atoms with van der Waals surface area (Å²) in [5.74, 6) is -2.15. The van der Waals surface area contributed by atoms with Gasteiger partial charge in [-0.15, -0.1) is 0 Å². The Kier molecular flexibility index (Phi) is 6.29. The topological polar surface area (TPSA) is 75.7 Å². The monoisotopic (exact) mass is 360 g/mol. The van der Waals surface area contributed by atoms with Crippen LogP contribution in [0.2, 0.25) is 0 Å². The molecule has 0 radical (unpaired) electrons. The van der Waals surface area contributed by atoms with Gasteiger partial charge in [0.15, 0.2) is 6.61 Å². The number of likely N-dealkylation sites (N-methyl/N-ethyl adjacent to an activating group) is 1. The summed E-state index contributed by atoms with van der Waals surface area (Å²) >= 11 is 3.03. The summed E-state index contributed by atoms with van der Waals surface area (Å²) in [6.45, 7) is -0.701. The third-order valence-electron chi connectivity index (χ3n) is 2.42. The molecule has 114 valence electrons. The second-order valence-electron chi connectivity index (χ2n) is 4.27. The Morgan fingerprint density at radius 1 is 1.33 bits per heavy atom. The highest BCUT2D eigenvalue weighted by molar-refractivity contribution is 9.10. The van der Waals surface area contributed by atoms with Crippen LogP contribution in [-0.4, -0.2) is 49.9 Å². The fraction of sp³-hybridized carbons (Fsp3) is 0.308. The number of esters is 1. The molecule has 21 heavy (non-hydrogen) atoms. The van der Waals surface area contributed by atoms with Crippen LogP contribution in [0.3, 0.4) is 0 Å². The molecule has 1 rings (SSSR count). The molecule has 0 saturated carbocycles. The predicted octanol–water partition coefficient (Wildman–Crippen LogP) is 0.949. The zero-order valence-corrected chi connectivity index (χ0v) is 13.1. The molecule has 8 heteroatoms. The molecule has 0 aliphatic rings. The van der Waals surface area contributed by atoms with E-state index in [0.29, 0.717) is 0 Å². The highest BCUT2D eigenvalue weighted by Crippen LogP contribution is 2.18. The van der Waals surface area contributed by atoms with Gasteiger partial charge in [0.2, 0.25) is 5.91 Å². The SMILES string of the molecule is CN(C)C(=O)CNC(=O)COC(=O)c1ccc(F)cc1Br. The molecule has 2 amide bonds. The van der Waals surface area contributed by atoms with Crippen LogP contribution >= 0.6 is 15.9 Å². The Morgan fingerprint density at radius 2 is 2.00 bits per heavy atom. The summed E-state index contributed by atoms with van der Waals surface area (Å²) in [5.41, 5.74) is 0.105. The van der Waals surface area contributed by atoms with Gasteiger partial charge in [0.1, 0.15) is 5.82 Å². The number of benzene rings is 1. The lowest BCUT2D eigenvalue weighted by Crippen LogP contribution is -2.38. The smallest absolute Gasteiger partial charge is 0.339 e. The van der Waals surface area contributed by atoms with E-state index >= 15 is 0 Å². The van der Waals surface area contributed by atoms with Crippen molar-refractivity contribution in [3.63, 3.8) is 0 Å². The van der Waals surface area contributed by atoms with Crippen molar-refractivity contribution in [1.82, 2.24) is 10.2 Å². The molecular weight excluding hydrogens is 347 g/mol. The third-order valence-corrected chi connectivity index (χ3v) is 3.08. The van der Waals surface area contributed by atoms with Crippen LogP contribution in [0.1, 0.15) is 10.4 Å². The van der Waals surface area contributed by atoms with Gasteiger partial charge in [-0.2, -0.15) is 0 Å². The van der Waals surface area contributed by atoms with E-state index in [0.717, 1.165) is 12.1 Å². The molecule has 6 nitrogen and oxygen atoms in total. The lowest BCUT2D eigenvalue weighted by Gasteiger charge is -2.11. The number of carbonyl (C=O) groups excluding carboxylic acids is 3. The first-order valence-electron chi connectivity index (χ1n) is 5.90. The lowest BCUT2D eigenvalue weighted by atomic mass is 10.2. The van der Waals surface area contributed by atoms with Gasteiger partial charge in [-0.3, -0.25) is 9.59 Å². The highest BCUT2D eigenvalue weighted by atomic mass is 79.9. The maximum absolute atomic E-state index is 12.9. The third kappa shape index (κ3) is 5.50. The van der Waals surface area contributed by atoms with Crippen LogP contribution in [0.25, 0.3) is 0 Å². The van der Waals surface area contributed by atoms with Gasteiger partial charge in [-0.1, -0.05) is 0 Å². The lowest BCUT2D eigenvalue weighted by molar-refractivity contribution is -0.131. The van der Waals surface area contributed by atoms with Crippen LogP contribution in [0.5, 0.6) is 0 Å². The van der Waals surface area contributed by atoms with Gasteiger partial charge in [0.25, 0.3) is 5.91 Å². The average molecular weight is 361 g/mol. The van der Waals surface area contributed by atoms with Crippen molar-refractivity contribution in [2.45, 2.75) is 0 Å². The Morgan fingerprint density at radius 3 is 2.57 bits per heavy atom. The molecule has 0 atom stereocenters. The van der Waals surface area contributed by atoms with E-state index in [1.165, 1.54) is 11.0 Å². The molecule has 0 saturated heterocycles. The number of halogens is 2. The van der Waals surface area contributed by atoms with Crippen molar-refractivity contribution in [2.75, 3.05) is 27.2 Å². The fourth-order valence-electron chi connectivity index (χ4n) is 1.25. The van der Waals surface area contributed by atoms with E-state index in [1.807, 2.05) is 0 Å². The molecule has 0 heterocycles. The van der Waals surface area contributed by atoms with Crippen LogP contribution in [0.15, 0.2) is 22.7 Å². The zero-order chi connectivity index (χ0) is 16.0. The molecule has 1 aromatic rings. The van der Waals surface area contributed by atoms with Crippen molar-refractivity contribution in [3.05, 3.63) is 34.1 Å². The Bertz CT molecular complexity index is 563. The summed E-state index contributed by atoms with van der Waals surface area (Å²) < 4.78 is 17.9. The minimum Gasteiger partial charge on any atom is -0.452 e. The normalized spacial score (nSPS) is 9.90.